The first-order valence-electron chi connectivity index (χ1n) is 6.14. The van der Waals surface area contributed by atoms with E-state index in [2.05, 4.69) is 5.10 Å². The number of aldehydes is 1. The van der Waals surface area contributed by atoms with Gasteiger partial charge in [0.1, 0.15) is 5.82 Å². The fraction of sp³-hybridized carbons (Fsp3) is 0.385. The number of ether oxygens (including phenoxy) is 1. The van der Waals surface area contributed by atoms with Gasteiger partial charge in [-0.2, -0.15) is 5.10 Å². The molecule has 1 fully saturated rings. The maximum absolute atomic E-state index is 13.7. The summed E-state index contributed by atoms with van der Waals surface area (Å²) in [5.74, 6) is -0.617. The molecular weight excluding hydrogens is 271 g/mol. The normalized spacial score (nSPS) is 19.8. The maximum Gasteiger partial charge on any atom is 0.152 e. The molecule has 1 aromatic carbocycles. The molecule has 19 heavy (non-hydrogen) atoms. The molecule has 1 unspecified atom stereocenters. The van der Waals surface area contributed by atoms with Crippen molar-refractivity contribution in [3.8, 4) is 0 Å². The van der Waals surface area contributed by atoms with Crippen molar-refractivity contribution in [3.05, 3.63) is 28.7 Å². The molecule has 2 heterocycles. The minimum Gasteiger partial charge on any atom is -0.356 e. The van der Waals surface area contributed by atoms with Gasteiger partial charge in [-0.25, -0.2) is 9.07 Å². The van der Waals surface area contributed by atoms with Gasteiger partial charge >= 0.3 is 0 Å². The van der Waals surface area contributed by atoms with E-state index in [9.17, 15) is 9.18 Å². The Morgan fingerprint density at radius 3 is 3.05 bits per heavy atom. The van der Waals surface area contributed by atoms with Crippen LogP contribution >= 0.6 is 11.6 Å². The highest BCUT2D eigenvalue weighted by atomic mass is 35.5. The van der Waals surface area contributed by atoms with Crippen LogP contribution in [0.4, 0.5) is 4.39 Å². The minimum atomic E-state index is -0.617. The Morgan fingerprint density at radius 2 is 2.37 bits per heavy atom. The van der Waals surface area contributed by atoms with E-state index in [0.29, 0.717) is 23.8 Å². The number of hydrogen-bond acceptors (Lipinski definition) is 3. The average Bonchev–Trinajstić information content (AvgIpc) is 2.84. The second-order valence-electron chi connectivity index (χ2n) is 4.55. The summed E-state index contributed by atoms with van der Waals surface area (Å²) in [4.78, 5) is 11.1. The standard InChI is InChI=1S/C13H12ClFN2O2/c14-13-9(7-18)8-6-16-17(11(8)5-10(13)15)12-3-1-2-4-19-12/h5-7,12H,1-4H2. The molecule has 1 saturated heterocycles. The van der Waals surface area contributed by atoms with Gasteiger partial charge in [-0.15, -0.1) is 0 Å². The SMILES string of the molecule is O=Cc1c(Cl)c(F)cc2c1cnn2C1CCCCO1. The third-order valence-electron chi connectivity index (χ3n) is 3.38. The van der Waals surface area contributed by atoms with Crippen LogP contribution < -0.4 is 0 Å². The molecular formula is C13H12ClFN2O2. The molecule has 1 aromatic heterocycles. The number of fused-ring (bicyclic) bond motifs is 1. The molecule has 1 aliphatic rings. The lowest BCUT2D eigenvalue weighted by atomic mass is 10.1. The van der Waals surface area contributed by atoms with Gasteiger partial charge in [-0.1, -0.05) is 11.6 Å². The summed E-state index contributed by atoms with van der Waals surface area (Å²) in [6.07, 6.45) is 4.78. The first-order chi connectivity index (χ1) is 9.22. The van der Waals surface area contributed by atoms with E-state index < -0.39 is 5.82 Å². The summed E-state index contributed by atoms with van der Waals surface area (Å²) in [5.41, 5.74) is 0.676. The summed E-state index contributed by atoms with van der Waals surface area (Å²) in [6, 6.07) is 1.30. The average molecular weight is 283 g/mol. The predicted molar refractivity (Wildman–Crippen MR) is 68.9 cm³/mol. The minimum absolute atomic E-state index is 0.138. The van der Waals surface area contributed by atoms with Gasteiger partial charge in [0.25, 0.3) is 0 Å². The second-order valence-corrected chi connectivity index (χ2v) is 4.93. The van der Waals surface area contributed by atoms with E-state index in [0.717, 1.165) is 19.3 Å². The zero-order chi connectivity index (χ0) is 13.4. The molecule has 100 valence electrons. The predicted octanol–water partition coefficient (Wildman–Crippen LogP) is 3.34. The maximum atomic E-state index is 13.7. The van der Waals surface area contributed by atoms with Gasteiger partial charge in [0, 0.05) is 23.6 Å². The van der Waals surface area contributed by atoms with Crippen LogP contribution in [0, 0.1) is 5.82 Å². The van der Waals surface area contributed by atoms with Crippen LogP contribution in [-0.2, 0) is 4.74 Å². The van der Waals surface area contributed by atoms with Crippen LogP contribution in [0.5, 0.6) is 0 Å². The van der Waals surface area contributed by atoms with Gasteiger partial charge in [-0.05, 0) is 19.3 Å². The van der Waals surface area contributed by atoms with Crippen molar-refractivity contribution in [2.45, 2.75) is 25.5 Å². The van der Waals surface area contributed by atoms with E-state index in [1.54, 1.807) is 4.68 Å². The molecule has 1 aliphatic heterocycles. The third-order valence-corrected chi connectivity index (χ3v) is 3.76. The van der Waals surface area contributed by atoms with Crippen molar-refractivity contribution in [3.63, 3.8) is 0 Å². The van der Waals surface area contributed by atoms with E-state index in [1.807, 2.05) is 0 Å². The Kier molecular flexibility index (Phi) is 3.24. The van der Waals surface area contributed by atoms with Gasteiger partial charge < -0.3 is 4.74 Å². The smallest absolute Gasteiger partial charge is 0.152 e. The Hall–Kier alpha value is -1.46. The Morgan fingerprint density at radius 1 is 1.53 bits per heavy atom. The molecule has 0 spiro atoms. The quantitative estimate of drug-likeness (QED) is 0.794. The molecule has 1 atom stereocenters. The number of hydrogen-bond donors (Lipinski definition) is 0. The van der Waals surface area contributed by atoms with Crippen LogP contribution in [0.15, 0.2) is 12.3 Å². The van der Waals surface area contributed by atoms with Crippen LogP contribution in [0.25, 0.3) is 10.9 Å². The lowest BCUT2D eigenvalue weighted by molar-refractivity contribution is -0.0366. The van der Waals surface area contributed by atoms with Gasteiger partial charge in [0.2, 0.25) is 0 Å². The summed E-state index contributed by atoms with van der Waals surface area (Å²) in [5, 5.41) is 4.61. The van der Waals surface area contributed by atoms with Crippen molar-refractivity contribution in [2.75, 3.05) is 6.61 Å². The lowest BCUT2D eigenvalue weighted by Gasteiger charge is -2.23. The van der Waals surface area contributed by atoms with Crippen LogP contribution in [-0.4, -0.2) is 22.7 Å². The van der Waals surface area contributed by atoms with Crippen LogP contribution in [0.3, 0.4) is 0 Å². The molecule has 0 N–H and O–H groups in total. The first-order valence-corrected chi connectivity index (χ1v) is 6.52. The van der Waals surface area contributed by atoms with E-state index in [4.69, 9.17) is 16.3 Å². The monoisotopic (exact) mass is 282 g/mol. The number of aromatic nitrogens is 2. The number of halogens is 2. The molecule has 4 nitrogen and oxygen atoms in total. The van der Waals surface area contributed by atoms with Crippen LogP contribution in [0.2, 0.25) is 5.02 Å². The summed E-state index contributed by atoms with van der Waals surface area (Å²) in [7, 11) is 0. The van der Waals surface area contributed by atoms with Crippen LogP contribution in [0.1, 0.15) is 35.8 Å². The highest BCUT2D eigenvalue weighted by molar-refractivity contribution is 6.34. The number of nitrogens with zero attached hydrogens (tertiary/aromatic N) is 2. The highest BCUT2D eigenvalue weighted by Gasteiger charge is 2.21. The largest absolute Gasteiger partial charge is 0.356 e. The van der Waals surface area contributed by atoms with E-state index >= 15 is 0 Å². The van der Waals surface area contributed by atoms with E-state index in [1.165, 1.54) is 12.3 Å². The fourth-order valence-corrected chi connectivity index (χ4v) is 2.62. The molecule has 3 rings (SSSR count). The molecule has 6 heteroatoms. The second kappa shape index (κ2) is 4.90. The molecule has 2 aromatic rings. The molecule has 0 saturated carbocycles. The van der Waals surface area contributed by atoms with Crippen molar-refractivity contribution in [1.82, 2.24) is 9.78 Å². The third kappa shape index (κ3) is 2.03. The summed E-state index contributed by atoms with van der Waals surface area (Å²) in [6.45, 7) is 0.669. The number of rotatable bonds is 2. The molecule has 0 amide bonds. The topological polar surface area (TPSA) is 44.1 Å². The fourth-order valence-electron chi connectivity index (χ4n) is 2.41. The van der Waals surface area contributed by atoms with E-state index in [-0.39, 0.29) is 16.8 Å². The molecule has 0 radical (unpaired) electrons. The Bertz CT molecular complexity index is 635. The lowest BCUT2D eigenvalue weighted by Crippen LogP contribution is -2.19. The molecule has 0 bridgehead atoms. The first kappa shape index (κ1) is 12.6. The zero-order valence-electron chi connectivity index (χ0n) is 10.1. The summed E-state index contributed by atoms with van der Waals surface area (Å²) < 4.78 is 21.0. The van der Waals surface area contributed by atoms with Gasteiger partial charge in [0.15, 0.2) is 12.5 Å². The van der Waals surface area contributed by atoms with Gasteiger partial charge in [-0.3, -0.25) is 4.79 Å². The Balaban J connectivity index is 2.17. The van der Waals surface area contributed by atoms with Crippen molar-refractivity contribution in [2.24, 2.45) is 0 Å². The zero-order valence-corrected chi connectivity index (χ0v) is 10.9. The summed E-state index contributed by atoms with van der Waals surface area (Å²) >= 11 is 5.79. The highest BCUT2D eigenvalue weighted by Crippen LogP contribution is 2.31. The Labute approximate surface area is 114 Å². The number of carbonyl (C=O) groups is 1. The molecule has 0 aliphatic carbocycles. The van der Waals surface area contributed by atoms with Crippen molar-refractivity contribution >= 4 is 28.8 Å². The van der Waals surface area contributed by atoms with Crippen molar-refractivity contribution in [1.29, 1.82) is 0 Å². The van der Waals surface area contributed by atoms with Crippen molar-refractivity contribution < 1.29 is 13.9 Å². The van der Waals surface area contributed by atoms with Gasteiger partial charge in [0.05, 0.1) is 16.7 Å². The number of benzene rings is 1. The number of carbonyl (C=O) groups excluding carboxylic acids is 1.